The SMILES string of the molecule is Cc1sc(NC(=O)CCc2cccs2)nc1-c1ccc(F)c(F)c1. The van der Waals surface area contributed by atoms with Gasteiger partial charge in [-0.1, -0.05) is 6.07 Å². The highest BCUT2D eigenvalue weighted by atomic mass is 32.1. The van der Waals surface area contributed by atoms with Gasteiger partial charge in [-0.25, -0.2) is 13.8 Å². The largest absolute Gasteiger partial charge is 0.302 e. The van der Waals surface area contributed by atoms with Crippen LogP contribution in [0.4, 0.5) is 13.9 Å². The van der Waals surface area contributed by atoms with Gasteiger partial charge in [0.2, 0.25) is 5.91 Å². The Kier molecular flexibility index (Phi) is 5.01. The molecule has 0 bridgehead atoms. The fourth-order valence-corrected chi connectivity index (χ4v) is 3.80. The molecule has 0 spiro atoms. The molecule has 0 radical (unpaired) electrons. The lowest BCUT2D eigenvalue weighted by Gasteiger charge is -2.01. The number of rotatable bonds is 5. The average Bonchev–Trinajstić information content (AvgIpc) is 3.18. The Morgan fingerprint density at radius 1 is 1.25 bits per heavy atom. The maximum absolute atomic E-state index is 13.4. The molecule has 0 saturated heterocycles. The van der Waals surface area contributed by atoms with E-state index in [-0.39, 0.29) is 5.91 Å². The van der Waals surface area contributed by atoms with Gasteiger partial charge in [0, 0.05) is 21.7 Å². The molecule has 0 aliphatic rings. The van der Waals surface area contributed by atoms with Crippen molar-refractivity contribution in [1.29, 1.82) is 0 Å². The molecule has 1 N–H and O–H groups in total. The number of thiophene rings is 1. The van der Waals surface area contributed by atoms with Gasteiger partial charge >= 0.3 is 0 Å². The van der Waals surface area contributed by atoms with Gasteiger partial charge in [-0.3, -0.25) is 4.79 Å². The number of halogens is 2. The zero-order chi connectivity index (χ0) is 17.1. The number of nitrogens with zero attached hydrogens (tertiary/aromatic N) is 1. The number of nitrogens with one attached hydrogen (secondary N) is 1. The Morgan fingerprint density at radius 3 is 2.79 bits per heavy atom. The molecule has 3 rings (SSSR count). The van der Waals surface area contributed by atoms with E-state index in [0.29, 0.717) is 29.2 Å². The lowest BCUT2D eigenvalue weighted by molar-refractivity contribution is -0.116. The van der Waals surface area contributed by atoms with Crippen molar-refractivity contribution < 1.29 is 13.6 Å². The number of hydrogen-bond acceptors (Lipinski definition) is 4. The van der Waals surface area contributed by atoms with E-state index in [0.717, 1.165) is 21.9 Å². The van der Waals surface area contributed by atoms with Crippen molar-refractivity contribution in [2.24, 2.45) is 0 Å². The molecule has 3 aromatic rings. The zero-order valence-electron chi connectivity index (χ0n) is 12.8. The number of aryl methyl sites for hydroxylation is 2. The number of benzene rings is 1. The van der Waals surface area contributed by atoms with Gasteiger partial charge in [0.15, 0.2) is 16.8 Å². The van der Waals surface area contributed by atoms with Crippen LogP contribution in [0.25, 0.3) is 11.3 Å². The maximum atomic E-state index is 13.4. The van der Waals surface area contributed by atoms with Crippen molar-refractivity contribution in [3.05, 3.63) is 57.1 Å². The fourth-order valence-electron chi connectivity index (χ4n) is 2.23. The molecule has 124 valence electrons. The predicted octanol–water partition coefficient (Wildman–Crippen LogP) is 5.03. The summed E-state index contributed by atoms with van der Waals surface area (Å²) >= 11 is 2.93. The molecular weight excluding hydrogens is 350 g/mol. The summed E-state index contributed by atoms with van der Waals surface area (Å²) in [7, 11) is 0. The summed E-state index contributed by atoms with van der Waals surface area (Å²) in [6.07, 6.45) is 1.06. The fraction of sp³-hybridized carbons (Fsp3) is 0.176. The average molecular weight is 364 g/mol. The summed E-state index contributed by atoms with van der Waals surface area (Å²) in [5.74, 6) is -1.93. The van der Waals surface area contributed by atoms with Crippen LogP contribution in [-0.4, -0.2) is 10.9 Å². The summed E-state index contributed by atoms with van der Waals surface area (Å²) in [4.78, 5) is 18.3. The van der Waals surface area contributed by atoms with Gasteiger partial charge in [0.05, 0.1) is 5.69 Å². The number of thiazole rings is 1. The summed E-state index contributed by atoms with van der Waals surface area (Å²) in [5.41, 5.74) is 1.04. The first-order valence-corrected chi connectivity index (χ1v) is 8.97. The van der Waals surface area contributed by atoms with Crippen molar-refractivity contribution in [3.63, 3.8) is 0 Å². The van der Waals surface area contributed by atoms with E-state index in [2.05, 4.69) is 10.3 Å². The van der Waals surface area contributed by atoms with Crippen molar-refractivity contribution in [2.45, 2.75) is 19.8 Å². The molecule has 0 aliphatic heterocycles. The molecule has 0 fully saturated rings. The smallest absolute Gasteiger partial charge is 0.226 e. The minimum Gasteiger partial charge on any atom is -0.302 e. The number of hydrogen-bond donors (Lipinski definition) is 1. The first-order chi connectivity index (χ1) is 11.5. The van der Waals surface area contributed by atoms with E-state index in [1.165, 1.54) is 17.4 Å². The van der Waals surface area contributed by atoms with Crippen LogP contribution in [0.3, 0.4) is 0 Å². The van der Waals surface area contributed by atoms with Crippen LogP contribution in [0.15, 0.2) is 35.7 Å². The molecule has 2 heterocycles. The zero-order valence-corrected chi connectivity index (χ0v) is 14.4. The van der Waals surface area contributed by atoms with Crippen LogP contribution in [-0.2, 0) is 11.2 Å². The number of carbonyl (C=O) groups excluding carboxylic acids is 1. The van der Waals surface area contributed by atoms with E-state index in [9.17, 15) is 13.6 Å². The van der Waals surface area contributed by atoms with E-state index >= 15 is 0 Å². The molecule has 0 unspecified atom stereocenters. The number of carbonyl (C=O) groups is 1. The maximum Gasteiger partial charge on any atom is 0.226 e. The van der Waals surface area contributed by atoms with Gasteiger partial charge in [0.25, 0.3) is 0 Å². The lowest BCUT2D eigenvalue weighted by atomic mass is 10.1. The van der Waals surface area contributed by atoms with Crippen molar-refractivity contribution in [2.75, 3.05) is 5.32 Å². The molecule has 1 amide bonds. The van der Waals surface area contributed by atoms with Crippen LogP contribution in [0.5, 0.6) is 0 Å². The first kappa shape index (κ1) is 16.7. The Labute approximate surface area is 146 Å². The second kappa shape index (κ2) is 7.19. The quantitative estimate of drug-likeness (QED) is 0.690. The Balaban J connectivity index is 1.69. The molecule has 3 nitrogen and oxygen atoms in total. The highest BCUT2D eigenvalue weighted by Crippen LogP contribution is 2.31. The second-order valence-electron chi connectivity index (χ2n) is 5.18. The van der Waals surface area contributed by atoms with Gasteiger partial charge in [-0.05, 0) is 43.0 Å². The van der Waals surface area contributed by atoms with E-state index in [4.69, 9.17) is 0 Å². The minimum atomic E-state index is -0.915. The van der Waals surface area contributed by atoms with Crippen LogP contribution >= 0.6 is 22.7 Å². The third-order valence-electron chi connectivity index (χ3n) is 3.41. The standard InChI is InChI=1S/C17H14F2N2OS2/c1-10-16(11-4-6-13(18)14(19)9-11)21-17(24-10)20-15(22)7-5-12-3-2-8-23-12/h2-4,6,8-9H,5,7H2,1H3,(H,20,21,22). The topological polar surface area (TPSA) is 42.0 Å². The van der Waals surface area contributed by atoms with E-state index in [1.807, 2.05) is 24.4 Å². The third kappa shape index (κ3) is 3.85. The third-order valence-corrected chi connectivity index (χ3v) is 5.24. The van der Waals surface area contributed by atoms with Crippen molar-refractivity contribution >= 4 is 33.7 Å². The summed E-state index contributed by atoms with van der Waals surface area (Å²) in [6, 6.07) is 7.61. The monoisotopic (exact) mass is 364 g/mol. The van der Waals surface area contributed by atoms with Crippen LogP contribution in [0.2, 0.25) is 0 Å². The second-order valence-corrected chi connectivity index (χ2v) is 7.42. The Morgan fingerprint density at radius 2 is 2.08 bits per heavy atom. The predicted molar refractivity (Wildman–Crippen MR) is 93.5 cm³/mol. The molecule has 24 heavy (non-hydrogen) atoms. The van der Waals surface area contributed by atoms with Crippen LogP contribution < -0.4 is 5.32 Å². The lowest BCUT2D eigenvalue weighted by Crippen LogP contribution is -2.11. The van der Waals surface area contributed by atoms with Crippen LogP contribution in [0, 0.1) is 18.6 Å². The molecule has 0 aliphatic carbocycles. The Hall–Kier alpha value is -2.12. The van der Waals surface area contributed by atoms with Gasteiger partial charge in [0.1, 0.15) is 0 Å². The molecule has 0 atom stereocenters. The highest BCUT2D eigenvalue weighted by Gasteiger charge is 2.14. The summed E-state index contributed by atoms with van der Waals surface area (Å²) < 4.78 is 26.4. The van der Waals surface area contributed by atoms with E-state index in [1.54, 1.807) is 11.3 Å². The minimum absolute atomic E-state index is 0.117. The highest BCUT2D eigenvalue weighted by molar-refractivity contribution is 7.16. The Bertz CT molecular complexity index is 860. The van der Waals surface area contributed by atoms with Gasteiger partial charge in [-0.2, -0.15) is 0 Å². The number of anilines is 1. The molecule has 0 saturated carbocycles. The molecule has 7 heteroatoms. The van der Waals surface area contributed by atoms with Crippen LogP contribution in [0.1, 0.15) is 16.2 Å². The van der Waals surface area contributed by atoms with E-state index < -0.39 is 11.6 Å². The first-order valence-electron chi connectivity index (χ1n) is 7.28. The number of amides is 1. The molecular formula is C17H14F2N2OS2. The van der Waals surface area contributed by atoms with Gasteiger partial charge in [-0.15, -0.1) is 22.7 Å². The molecule has 2 aromatic heterocycles. The summed E-state index contributed by atoms with van der Waals surface area (Å²) in [5, 5.41) is 5.21. The number of aromatic nitrogens is 1. The molecule has 1 aromatic carbocycles. The normalized spacial score (nSPS) is 10.8. The van der Waals surface area contributed by atoms with Crippen molar-refractivity contribution in [1.82, 2.24) is 4.98 Å². The van der Waals surface area contributed by atoms with Gasteiger partial charge < -0.3 is 5.32 Å². The summed E-state index contributed by atoms with van der Waals surface area (Å²) in [6.45, 7) is 1.83. The van der Waals surface area contributed by atoms with Crippen molar-refractivity contribution in [3.8, 4) is 11.3 Å².